The molecule has 26 heavy (non-hydrogen) atoms. The molecule has 148 valence electrons. The van der Waals surface area contributed by atoms with Crippen LogP contribution in [0.15, 0.2) is 0 Å². The highest BCUT2D eigenvalue weighted by atomic mass is 16.5. The van der Waals surface area contributed by atoms with E-state index in [0.717, 1.165) is 43.6 Å². The highest BCUT2D eigenvalue weighted by Crippen LogP contribution is 2.68. The predicted octanol–water partition coefficient (Wildman–Crippen LogP) is 6.03. The van der Waals surface area contributed by atoms with E-state index in [1.807, 2.05) is 0 Å². The molecule has 0 aromatic carbocycles. The Morgan fingerprint density at radius 3 is 2.50 bits per heavy atom. The lowest BCUT2D eigenvalue weighted by Crippen LogP contribution is -2.57. The van der Waals surface area contributed by atoms with E-state index in [0.29, 0.717) is 22.5 Å². The largest absolute Gasteiger partial charge is 0.375 e. The summed E-state index contributed by atoms with van der Waals surface area (Å²) in [6.45, 7) is 12.8. The van der Waals surface area contributed by atoms with Gasteiger partial charge >= 0.3 is 0 Å². The number of ketones is 1. The molecule has 4 saturated carbocycles. The molecule has 2 nitrogen and oxygen atoms in total. The number of ether oxygens (including phenoxy) is 1. The number of Topliss-reactive ketones (excluding diaryl/α,β-unsaturated/α-hetero) is 1. The van der Waals surface area contributed by atoms with E-state index >= 15 is 0 Å². The van der Waals surface area contributed by atoms with Crippen molar-refractivity contribution in [3.63, 3.8) is 0 Å². The van der Waals surface area contributed by atoms with Crippen LogP contribution in [0, 0.1) is 40.4 Å². The standard InChI is InChI=1S/C24H40O2/c1-6-13-26-24(5)12-10-20-18-8-7-17-14-21(25)16(2)15-22(17,3)19(18)9-11-23(20,24)4/h16-20H,6-15H2,1-5H3/t16-,17+,18-,19+,20+,22+,23+,24+/m1/s1. The van der Waals surface area contributed by atoms with Crippen molar-refractivity contribution in [3.05, 3.63) is 0 Å². The minimum absolute atomic E-state index is 0.0756. The van der Waals surface area contributed by atoms with E-state index in [-0.39, 0.29) is 11.5 Å². The Labute approximate surface area is 160 Å². The van der Waals surface area contributed by atoms with E-state index in [4.69, 9.17) is 4.74 Å². The molecular formula is C24H40O2. The van der Waals surface area contributed by atoms with Gasteiger partial charge in [0.25, 0.3) is 0 Å². The monoisotopic (exact) mass is 360 g/mol. The Bertz CT molecular complexity index is 571. The normalized spacial score (nSPS) is 53.7. The number of hydrogen-bond acceptors (Lipinski definition) is 2. The molecule has 0 heterocycles. The quantitative estimate of drug-likeness (QED) is 0.614. The first-order chi connectivity index (χ1) is 12.2. The van der Waals surface area contributed by atoms with Crippen molar-refractivity contribution in [1.82, 2.24) is 0 Å². The van der Waals surface area contributed by atoms with Crippen LogP contribution in [0.5, 0.6) is 0 Å². The van der Waals surface area contributed by atoms with Gasteiger partial charge in [-0.2, -0.15) is 0 Å². The summed E-state index contributed by atoms with van der Waals surface area (Å²) >= 11 is 0. The molecule has 4 aliphatic rings. The average Bonchev–Trinajstić information content (AvgIpc) is 2.86. The Balaban J connectivity index is 1.60. The molecule has 0 bridgehead atoms. The van der Waals surface area contributed by atoms with Crippen LogP contribution in [-0.4, -0.2) is 18.0 Å². The van der Waals surface area contributed by atoms with Gasteiger partial charge in [-0.05, 0) is 92.8 Å². The highest BCUT2D eigenvalue weighted by Gasteiger charge is 2.64. The van der Waals surface area contributed by atoms with Gasteiger partial charge in [-0.1, -0.05) is 27.7 Å². The van der Waals surface area contributed by atoms with Crippen LogP contribution < -0.4 is 0 Å². The van der Waals surface area contributed by atoms with Crippen LogP contribution in [0.25, 0.3) is 0 Å². The number of carbonyl (C=O) groups is 1. The van der Waals surface area contributed by atoms with E-state index in [1.54, 1.807) is 0 Å². The Hall–Kier alpha value is -0.370. The second kappa shape index (κ2) is 6.33. The number of rotatable bonds is 3. The lowest BCUT2D eigenvalue weighted by Gasteiger charge is -2.61. The Morgan fingerprint density at radius 2 is 1.77 bits per heavy atom. The van der Waals surface area contributed by atoms with E-state index < -0.39 is 0 Å². The van der Waals surface area contributed by atoms with Crippen molar-refractivity contribution in [2.45, 2.75) is 98.0 Å². The van der Waals surface area contributed by atoms with Crippen molar-refractivity contribution in [2.75, 3.05) is 6.61 Å². The molecule has 4 fully saturated rings. The number of carbonyl (C=O) groups excluding carboxylic acids is 1. The first kappa shape index (κ1) is 19.0. The molecule has 0 amide bonds. The maximum Gasteiger partial charge on any atom is 0.136 e. The lowest BCUT2D eigenvalue weighted by molar-refractivity contribution is -0.171. The van der Waals surface area contributed by atoms with Gasteiger partial charge in [0.1, 0.15) is 5.78 Å². The van der Waals surface area contributed by atoms with Gasteiger partial charge in [0.05, 0.1) is 5.60 Å². The molecule has 0 N–H and O–H groups in total. The summed E-state index contributed by atoms with van der Waals surface area (Å²) in [6.07, 6.45) is 11.0. The molecule has 0 aromatic rings. The van der Waals surface area contributed by atoms with Crippen LogP contribution in [0.2, 0.25) is 0 Å². The molecule has 2 heteroatoms. The van der Waals surface area contributed by atoms with Gasteiger partial charge < -0.3 is 4.74 Å². The summed E-state index contributed by atoms with van der Waals surface area (Å²) in [5.74, 6) is 4.00. The molecule has 0 aliphatic heterocycles. The van der Waals surface area contributed by atoms with Crippen LogP contribution in [0.1, 0.15) is 92.4 Å². The second-order valence-corrected chi connectivity index (χ2v) is 11.0. The summed E-state index contributed by atoms with van der Waals surface area (Å²) in [5.41, 5.74) is 0.829. The zero-order chi connectivity index (χ0) is 18.7. The molecule has 4 rings (SSSR count). The maximum atomic E-state index is 12.4. The van der Waals surface area contributed by atoms with Gasteiger partial charge in [0.2, 0.25) is 0 Å². The van der Waals surface area contributed by atoms with Crippen LogP contribution in [0.4, 0.5) is 0 Å². The van der Waals surface area contributed by atoms with E-state index in [9.17, 15) is 4.79 Å². The van der Waals surface area contributed by atoms with Crippen LogP contribution >= 0.6 is 0 Å². The molecule has 8 atom stereocenters. The van der Waals surface area contributed by atoms with E-state index in [2.05, 4.69) is 34.6 Å². The van der Waals surface area contributed by atoms with Gasteiger partial charge in [-0.25, -0.2) is 0 Å². The summed E-state index contributed by atoms with van der Waals surface area (Å²) < 4.78 is 6.51. The SMILES string of the molecule is CCCO[C@@]1(C)CC[C@H]2[C@@H]3CC[C@H]4CC(=O)[C@H](C)C[C@]4(C)[C@H]3CC[C@@]21C. The smallest absolute Gasteiger partial charge is 0.136 e. The first-order valence-electron chi connectivity index (χ1n) is 11.4. The number of hydrogen-bond donors (Lipinski definition) is 0. The van der Waals surface area contributed by atoms with Crippen molar-refractivity contribution in [3.8, 4) is 0 Å². The third kappa shape index (κ3) is 2.50. The Kier molecular flexibility index (Phi) is 4.61. The van der Waals surface area contributed by atoms with Crippen molar-refractivity contribution >= 4 is 5.78 Å². The summed E-state index contributed by atoms with van der Waals surface area (Å²) in [6, 6.07) is 0. The van der Waals surface area contributed by atoms with Crippen LogP contribution in [-0.2, 0) is 9.53 Å². The second-order valence-electron chi connectivity index (χ2n) is 11.0. The summed E-state index contributed by atoms with van der Waals surface area (Å²) in [7, 11) is 0. The summed E-state index contributed by atoms with van der Waals surface area (Å²) in [4.78, 5) is 12.4. The molecule has 0 aromatic heterocycles. The van der Waals surface area contributed by atoms with Gasteiger partial charge in [0.15, 0.2) is 0 Å². The fourth-order valence-corrected chi connectivity index (χ4v) is 8.20. The zero-order valence-electron chi connectivity index (χ0n) is 17.8. The van der Waals surface area contributed by atoms with Crippen molar-refractivity contribution in [2.24, 2.45) is 40.4 Å². The zero-order valence-corrected chi connectivity index (χ0v) is 17.8. The molecular weight excluding hydrogens is 320 g/mol. The molecule has 0 saturated heterocycles. The lowest BCUT2D eigenvalue weighted by atomic mass is 9.44. The third-order valence-electron chi connectivity index (χ3n) is 9.96. The van der Waals surface area contributed by atoms with Crippen molar-refractivity contribution < 1.29 is 9.53 Å². The third-order valence-corrected chi connectivity index (χ3v) is 9.96. The first-order valence-corrected chi connectivity index (χ1v) is 11.4. The molecule has 0 spiro atoms. The van der Waals surface area contributed by atoms with Crippen molar-refractivity contribution in [1.29, 1.82) is 0 Å². The fourth-order valence-electron chi connectivity index (χ4n) is 8.20. The maximum absolute atomic E-state index is 12.4. The molecule has 4 aliphatic carbocycles. The average molecular weight is 361 g/mol. The fraction of sp³-hybridized carbons (Fsp3) is 0.958. The van der Waals surface area contributed by atoms with Crippen LogP contribution in [0.3, 0.4) is 0 Å². The minimum atomic E-state index is 0.0756. The van der Waals surface area contributed by atoms with Gasteiger partial charge in [-0.15, -0.1) is 0 Å². The predicted molar refractivity (Wildman–Crippen MR) is 106 cm³/mol. The minimum Gasteiger partial charge on any atom is -0.375 e. The van der Waals surface area contributed by atoms with Gasteiger partial charge in [-0.3, -0.25) is 4.79 Å². The number of fused-ring (bicyclic) bond motifs is 5. The molecule has 0 unspecified atom stereocenters. The topological polar surface area (TPSA) is 26.3 Å². The Morgan fingerprint density at radius 1 is 1.04 bits per heavy atom. The van der Waals surface area contributed by atoms with Gasteiger partial charge in [0, 0.05) is 18.9 Å². The highest BCUT2D eigenvalue weighted by molar-refractivity contribution is 5.82. The molecule has 0 radical (unpaired) electrons. The summed E-state index contributed by atoms with van der Waals surface area (Å²) in [5, 5.41) is 0. The van der Waals surface area contributed by atoms with E-state index in [1.165, 1.54) is 38.5 Å².